The van der Waals surface area contributed by atoms with Crippen molar-refractivity contribution in [2.75, 3.05) is 20.2 Å². The SMILES string of the molecule is COc1ccccc1C1(O)C(=O)C(C(=O)c2ccccc2)=C1N1CCCCC1. The molecule has 1 N–H and O–H groups in total. The monoisotopic (exact) mass is 377 g/mol. The first-order chi connectivity index (χ1) is 13.6. The number of piperidine rings is 1. The van der Waals surface area contributed by atoms with Gasteiger partial charge in [-0.05, 0) is 25.3 Å². The number of para-hydroxylation sites is 1. The van der Waals surface area contributed by atoms with Crippen LogP contribution in [0.25, 0.3) is 0 Å². The van der Waals surface area contributed by atoms with E-state index in [1.165, 1.54) is 7.11 Å². The normalized spacial score (nSPS) is 22.1. The van der Waals surface area contributed by atoms with Crippen LogP contribution in [0.4, 0.5) is 0 Å². The number of ether oxygens (including phenoxy) is 1. The molecule has 5 nitrogen and oxygen atoms in total. The number of carbonyl (C=O) groups excluding carboxylic acids is 2. The largest absolute Gasteiger partial charge is 0.496 e. The lowest BCUT2D eigenvalue weighted by molar-refractivity contribution is -0.137. The Morgan fingerprint density at radius 1 is 1.00 bits per heavy atom. The molecule has 0 radical (unpaired) electrons. The molecule has 0 bridgehead atoms. The number of hydrogen-bond acceptors (Lipinski definition) is 5. The molecule has 1 fully saturated rings. The minimum atomic E-state index is -1.86. The van der Waals surface area contributed by atoms with Gasteiger partial charge in [-0.25, -0.2) is 0 Å². The Bertz CT molecular complexity index is 944. The molecule has 1 unspecified atom stereocenters. The van der Waals surface area contributed by atoms with Crippen LogP contribution in [0, 0.1) is 0 Å². The molecule has 5 heteroatoms. The summed E-state index contributed by atoms with van der Waals surface area (Å²) in [5.74, 6) is -0.476. The molecule has 2 aromatic rings. The van der Waals surface area contributed by atoms with Gasteiger partial charge >= 0.3 is 0 Å². The summed E-state index contributed by atoms with van der Waals surface area (Å²) in [6.45, 7) is 1.43. The molecule has 1 aliphatic heterocycles. The van der Waals surface area contributed by atoms with Crippen LogP contribution in [0.1, 0.15) is 35.2 Å². The Kier molecular flexibility index (Phi) is 4.77. The molecule has 28 heavy (non-hydrogen) atoms. The van der Waals surface area contributed by atoms with E-state index in [9.17, 15) is 14.7 Å². The zero-order valence-electron chi connectivity index (χ0n) is 15.9. The van der Waals surface area contributed by atoms with Gasteiger partial charge in [-0.3, -0.25) is 9.59 Å². The summed E-state index contributed by atoms with van der Waals surface area (Å²) in [6, 6.07) is 15.7. The average Bonchev–Trinajstić information content (AvgIpc) is 2.77. The number of aliphatic hydroxyl groups is 1. The highest BCUT2D eigenvalue weighted by atomic mass is 16.5. The number of methoxy groups -OCH3 is 1. The lowest BCUT2D eigenvalue weighted by Gasteiger charge is -2.46. The van der Waals surface area contributed by atoms with Gasteiger partial charge < -0.3 is 14.7 Å². The molecule has 0 aromatic heterocycles. The van der Waals surface area contributed by atoms with E-state index in [4.69, 9.17) is 4.74 Å². The highest BCUT2D eigenvalue weighted by Crippen LogP contribution is 2.49. The van der Waals surface area contributed by atoms with E-state index in [1.807, 2.05) is 11.0 Å². The molecule has 1 aliphatic carbocycles. The third kappa shape index (κ3) is 2.74. The Labute approximate surface area is 164 Å². The molecule has 1 heterocycles. The van der Waals surface area contributed by atoms with Crippen molar-refractivity contribution in [3.63, 3.8) is 0 Å². The van der Waals surface area contributed by atoms with Gasteiger partial charge in [0.2, 0.25) is 5.78 Å². The second kappa shape index (κ2) is 7.24. The number of hydrogen-bond donors (Lipinski definition) is 1. The second-order valence-corrected chi connectivity index (χ2v) is 7.21. The minimum Gasteiger partial charge on any atom is -0.496 e. The zero-order valence-corrected chi connectivity index (χ0v) is 15.9. The van der Waals surface area contributed by atoms with Gasteiger partial charge in [0, 0.05) is 24.2 Å². The predicted octanol–water partition coefficient (Wildman–Crippen LogP) is 3.09. The Morgan fingerprint density at radius 3 is 2.32 bits per heavy atom. The van der Waals surface area contributed by atoms with Crippen LogP contribution in [-0.4, -0.2) is 41.8 Å². The molecule has 0 amide bonds. The smallest absolute Gasteiger partial charge is 0.211 e. The molecule has 144 valence electrons. The van der Waals surface area contributed by atoms with Gasteiger partial charge in [0.15, 0.2) is 11.4 Å². The number of likely N-dealkylation sites (tertiary alicyclic amines) is 1. The lowest BCUT2D eigenvalue weighted by atomic mass is 9.68. The number of Topliss-reactive ketones (excluding diaryl/α,β-unsaturated/α-hetero) is 2. The summed E-state index contributed by atoms with van der Waals surface area (Å²) in [5.41, 5.74) is -0.531. The van der Waals surface area contributed by atoms with Crippen LogP contribution in [-0.2, 0) is 10.4 Å². The number of ketones is 2. The third-order valence-corrected chi connectivity index (χ3v) is 5.57. The first kappa shape index (κ1) is 18.4. The molecular weight excluding hydrogens is 354 g/mol. The van der Waals surface area contributed by atoms with Crippen molar-refractivity contribution in [3.8, 4) is 5.75 Å². The molecule has 0 saturated carbocycles. The number of benzene rings is 2. The summed E-state index contributed by atoms with van der Waals surface area (Å²) in [4.78, 5) is 28.3. The summed E-state index contributed by atoms with van der Waals surface area (Å²) in [5, 5.41) is 11.6. The molecular formula is C23H23NO4. The van der Waals surface area contributed by atoms with E-state index in [0.717, 1.165) is 19.3 Å². The summed E-state index contributed by atoms with van der Waals surface area (Å²) in [7, 11) is 1.51. The quantitative estimate of drug-likeness (QED) is 0.641. The number of carbonyl (C=O) groups is 2. The van der Waals surface area contributed by atoms with Crippen molar-refractivity contribution in [3.05, 3.63) is 77.0 Å². The Morgan fingerprint density at radius 2 is 1.64 bits per heavy atom. The van der Waals surface area contributed by atoms with Gasteiger partial charge in [-0.2, -0.15) is 0 Å². The average molecular weight is 377 g/mol. The van der Waals surface area contributed by atoms with Crippen LogP contribution < -0.4 is 4.74 Å². The van der Waals surface area contributed by atoms with Crippen molar-refractivity contribution in [2.45, 2.75) is 24.9 Å². The highest BCUT2D eigenvalue weighted by Gasteiger charge is 2.59. The maximum Gasteiger partial charge on any atom is 0.211 e. The van der Waals surface area contributed by atoms with Crippen LogP contribution in [0.15, 0.2) is 65.9 Å². The van der Waals surface area contributed by atoms with Crippen LogP contribution in [0.3, 0.4) is 0 Å². The van der Waals surface area contributed by atoms with Crippen LogP contribution in [0.2, 0.25) is 0 Å². The summed E-state index contributed by atoms with van der Waals surface area (Å²) in [6.07, 6.45) is 3.03. The molecule has 1 saturated heterocycles. The maximum atomic E-state index is 13.2. The van der Waals surface area contributed by atoms with Gasteiger partial charge in [0.1, 0.15) is 5.75 Å². The van der Waals surface area contributed by atoms with Crippen molar-refractivity contribution in [2.24, 2.45) is 0 Å². The van der Waals surface area contributed by atoms with Crippen molar-refractivity contribution in [1.82, 2.24) is 4.90 Å². The van der Waals surface area contributed by atoms with E-state index in [0.29, 0.717) is 35.7 Å². The standard InChI is InChI=1S/C23H23NO4/c1-28-18-13-7-6-12-17(18)23(27)21(24-14-8-3-9-15-24)19(22(23)26)20(25)16-10-4-2-5-11-16/h2,4-7,10-13,27H,3,8-9,14-15H2,1H3. The first-order valence-electron chi connectivity index (χ1n) is 9.59. The van der Waals surface area contributed by atoms with Crippen molar-refractivity contribution >= 4 is 11.6 Å². The fourth-order valence-electron chi connectivity index (χ4n) is 4.16. The number of nitrogens with zero attached hydrogens (tertiary/aromatic N) is 1. The van der Waals surface area contributed by atoms with E-state index in [1.54, 1.807) is 48.5 Å². The molecule has 0 spiro atoms. The maximum absolute atomic E-state index is 13.2. The van der Waals surface area contributed by atoms with Crippen molar-refractivity contribution in [1.29, 1.82) is 0 Å². The molecule has 2 aliphatic rings. The summed E-state index contributed by atoms with van der Waals surface area (Å²) < 4.78 is 5.39. The van der Waals surface area contributed by atoms with Crippen LogP contribution >= 0.6 is 0 Å². The lowest BCUT2D eigenvalue weighted by Crippen LogP contribution is -2.56. The van der Waals surface area contributed by atoms with E-state index < -0.39 is 11.4 Å². The highest BCUT2D eigenvalue weighted by molar-refractivity contribution is 6.34. The Hall–Kier alpha value is -2.92. The minimum absolute atomic E-state index is 0.0847. The molecule has 4 rings (SSSR count). The third-order valence-electron chi connectivity index (χ3n) is 5.57. The fraction of sp³-hybridized carbons (Fsp3) is 0.304. The van der Waals surface area contributed by atoms with Gasteiger partial charge in [0.25, 0.3) is 0 Å². The topological polar surface area (TPSA) is 66.8 Å². The van der Waals surface area contributed by atoms with E-state index in [-0.39, 0.29) is 11.4 Å². The van der Waals surface area contributed by atoms with E-state index >= 15 is 0 Å². The Balaban J connectivity index is 1.87. The van der Waals surface area contributed by atoms with Gasteiger partial charge in [-0.15, -0.1) is 0 Å². The summed E-state index contributed by atoms with van der Waals surface area (Å²) >= 11 is 0. The van der Waals surface area contributed by atoms with Gasteiger partial charge in [-0.1, -0.05) is 48.5 Å². The van der Waals surface area contributed by atoms with Crippen LogP contribution in [0.5, 0.6) is 5.75 Å². The fourth-order valence-corrected chi connectivity index (χ4v) is 4.16. The second-order valence-electron chi connectivity index (χ2n) is 7.21. The van der Waals surface area contributed by atoms with Crippen molar-refractivity contribution < 1.29 is 19.4 Å². The predicted molar refractivity (Wildman–Crippen MR) is 105 cm³/mol. The molecule has 2 aromatic carbocycles. The zero-order chi connectivity index (χ0) is 19.7. The first-order valence-corrected chi connectivity index (χ1v) is 9.59. The van der Waals surface area contributed by atoms with Gasteiger partial charge in [0.05, 0.1) is 18.4 Å². The number of rotatable bonds is 5. The molecule has 1 atom stereocenters. The van der Waals surface area contributed by atoms with E-state index in [2.05, 4.69) is 0 Å².